The zero-order valence-electron chi connectivity index (χ0n) is 12.4. The fraction of sp³-hybridized carbons (Fsp3) is 0.412. The number of fused-ring (bicyclic) bond motifs is 1. The lowest BCUT2D eigenvalue weighted by atomic mass is 10.0. The fourth-order valence-corrected chi connectivity index (χ4v) is 4.02. The van der Waals surface area contributed by atoms with Crippen molar-refractivity contribution in [3.63, 3.8) is 0 Å². The predicted molar refractivity (Wildman–Crippen MR) is 86.3 cm³/mol. The summed E-state index contributed by atoms with van der Waals surface area (Å²) in [6.07, 6.45) is 1.21. The molecule has 0 saturated heterocycles. The Morgan fingerprint density at radius 3 is 2.85 bits per heavy atom. The van der Waals surface area contributed by atoms with Crippen molar-refractivity contribution in [1.82, 2.24) is 9.88 Å². The van der Waals surface area contributed by atoms with Gasteiger partial charge in [0.1, 0.15) is 0 Å². The van der Waals surface area contributed by atoms with Crippen LogP contribution >= 0.6 is 11.8 Å². The van der Waals surface area contributed by atoms with E-state index in [0.717, 1.165) is 6.54 Å². The van der Waals surface area contributed by atoms with E-state index in [1.165, 1.54) is 39.6 Å². The highest BCUT2D eigenvalue weighted by molar-refractivity contribution is 7.99. The van der Waals surface area contributed by atoms with Gasteiger partial charge in [-0.2, -0.15) is 0 Å². The molecule has 1 aliphatic heterocycles. The summed E-state index contributed by atoms with van der Waals surface area (Å²) >= 11 is 1.98. The Kier molecular flexibility index (Phi) is 3.90. The van der Waals surface area contributed by atoms with E-state index in [0.29, 0.717) is 6.04 Å². The molecule has 2 aromatic rings. The second-order valence-corrected chi connectivity index (χ2v) is 6.70. The van der Waals surface area contributed by atoms with Crippen molar-refractivity contribution < 1.29 is 0 Å². The van der Waals surface area contributed by atoms with Crippen LogP contribution in [0.15, 0.2) is 35.2 Å². The molecule has 20 heavy (non-hydrogen) atoms. The highest BCUT2D eigenvalue weighted by Crippen LogP contribution is 2.36. The van der Waals surface area contributed by atoms with Crippen LogP contribution in [0.4, 0.5) is 0 Å². The maximum absolute atomic E-state index is 3.75. The maximum Gasteiger partial charge on any atom is 0.0342 e. The van der Waals surface area contributed by atoms with Crippen LogP contribution in [0.1, 0.15) is 35.0 Å². The van der Waals surface area contributed by atoms with Crippen molar-refractivity contribution in [2.45, 2.75) is 37.8 Å². The van der Waals surface area contributed by atoms with Crippen molar-refractivity contribution >= 4 is 11.8 Å². The highest BCUT2D eigenvalue weighted by atomic mass is 32.2. The molecule has 1 unspecified atom stereocenters. The topological polar surface area (TPSA) is 17.0 Å². The maximum atomic E-state index is 3.75. The van der Waals surface area contributed by atoms with E-state index in [1.54, 1.807) is 0 Å². The van der Waals surface area contributed by atoms with Crippen LogP contribution in [0, 0.1) is 13.8 Å². The van der Waals surface area contributed by atoms with E-state index in [2.05, 4.69) is 61.1 Å². The molecule has 2 nitrogen and oxygen atoms in total. The van der Waals surface area contributed by atoms with Gasteiger partial charge in [-0.25, -0.2) is 0 Å². The first-order valence-corrected chi connectivity index (χ1v) is 8.22. The lowest BCUT2D eigenvalue weighted by molar-refractivity contribution is 0.509. The quantitative estimate of drug-likeness (QED) is 0.919. The first-order chi connectivity index (χ1) is 9.66. The molecule has 3 rings (SSSR count). The molecule has 3 heteroatoms. The Balaban J connectivity index is 1.75. The van der Waals surface area contributed by atoms with Crippen LogP contribution in [0.3, 0.4) is 0 Å². The molecule has 2 heterocycles. The number of hydrogen-bond acceptors (Lipinski definition) is 2. The van der Waals surface area contributed by atoms with Gasteiger partial charge in [-0.1, -0.05) is 18.2 Å². The van der Waals surface area contributed by atoms with Crippen molar-refractivity contribution in [2.24, 2.45) is 7.05 Å². The molecule has 0 aliphatic carbocycles. The zero-order chi connectivity index (χ0) is 14.1. The number of hydrogen-bond donors (Lipinski definition) is 1. The monoisotopic (exact) mass is 286 g/mol. The van der Waals surface area contributed by atoms with E-state index in [9.17, 15) is 0 Å². The van der Waals surface area contributed by atoms with Gasteiger partial charge in [0.25, 0.3) is 0 Å². The number of thioether (sulfide) groups is 1. The lowest BCUT2D eigenvalue weighted by Crippen LogP contribution is -2.24. The molecule has 0 bridgehead atoms. The smallest absolute Gasteiger partial charge is 0.0342 e. The summed E-state index contributed by atoms with van der Waals surface area (Å²) in [7, 11) is 2.14. The molecule has 1 N–H and O–H groups in total. The number of rotatable bonds is 3. The average Bonchev–Trinajstić information content (AvgIpc) is 2.72. The van der Waals surface area contributed by atoms with Crippen LogP contribution < -0.4 is 5.32 Å². The molecule has 0 fully saturated rings. The van der Waals surface area contributed by atoms with Gasteiger partial charge in [-0.05, 0) is 49.3 Å². The van der Waals surface area contributed by atoms with Gasteiger partial charge in [-0.3, -0.25) is 0 Å². The van der Waals surface area contributed by atoms with Gasteiger partial charge in [0.05, 0.1) is 0 Å². The number of aromatic nitrogens is 1. The van der Waals surface area contributed by atoms with Gasteiger partial charge >= 0.3 is 0 Å². The molecule has 0 saturated carbocycles. The summed E-state index contributed by atoms with van der Waals surface area (Å²) in [5.41, 5.74) is 5.59. The third-order valence-corrected chi connectivity index (χ3v) is 5.50. The largest absolute Gasteiger partial charge is 0.352 e. The lowest BCUT2D eigenvalue weighted by Gasteiger charge is -2.26. The number of aryl methyl sites for hydroxylation is 1. The Hall–Kier alpha value is -1.19. The minimum atomic E-state index is 0.493. The first kappa shape index (κ1) is 13.8. The van der Waals surface area contributed by atoms with Gasteiger partial charge in [0, 0.05) is 35.9 Å². The summed E-state index contributed by atoms with van der Waals surface area (Å²) in [5.74, 6) is 1.21. The van der Waals surface area contributed by atoms with Crippen LogP contribution in [0.5, 0.6) is 0 Å². The number of nitrogens with zero attached hydrogens (tertiary/aromatic N) is 1. The summed E-state index contributed by atoms with van der Waals surface area (Å²) < 4.78 is 2.27. The van der Waals surface area contributed by atoms with Gasteiger partial charge in [-0.15, -0.1) is 11.8 Å². The summed E-state index contributed by atoms with van der Waals surface area (Å²) in [6, 6.07) is 11.6. The minimum Gasteiger partial charge on any atom is -0.352 e. The van der Waals surface area contributed by atoms with Gasteiger partial charge < -0.3 is 9.88 Å². The Morgan fingerprint density at radius 2 is 2.10 bits per heavy atom. The normalized spacial score (nSPS) is 18.1. The molecule has 1 atom stereocenters. The third-order valence-electron chi connectivity index (χ3n) is 4.38. The molecular weight excluding hydrogens is 264 g/mol. The van der Waals surface area contributed by atoms with Crippen molar-refractivity contribution in [3.8, 4) is 0 Å². The first-order valence-electron chi connectivity index (χ1n) is 7.23. The molecule has 0 spiro atoms. The second kappa shape index (κ2) is 5.66. The van der Waals surface area contributed by atoms with E-state index < -0.39 is 0 Å². The summed E-state index contributed by atoms with van der Waals surface area (Å²) in [4.78, 5) is 1.44. The van der Waals surface area contributed by atoms with E-state index in [1.807, 2.05) is 11.8 Å². The predicted octanol–water partition coefficient (Wildman–Crippen LogP) is 3.97. The molecule has 0 radical (unpaired) electrons. The number of benzene rings is 1. The summed E-state index contributed by atoms with van der Waals surface area (Å²) in [5, 5.41) is 3.75. The van der Waals surface area contributed by atoms with E-state index in [4.69, 9.17) is 0 Å². The molecule has 1 aliphatic rings. The van der Waals surface area contributed by atoms with E-state index in [-0.39, 0.29) is 0 Å². The molecule has 1 aromatic heterocycles. The Labute approximate surface area is 125 Å². The Bertz CT molecular complexity index is 615. The molecule has 1 aromatic carbocycles. The second-order valence-electron chi connectivity index (χ2n) is 5.56. The molecular formula is C17H22N2S. The van der Waals surface area contributed by atoms with Gasteiger partial charge in [0.15, 0.2) is 0 Å². The van der Waals surface area contributed by atoms with Gasteiger partial charge in [0.2, 0.25) is 0 Å². The minimum absolute atomic E-state index is 0.493. The van der Waals surface area contributed by atoms with Crippen molar-refractivity contribution in [1.29, 1.82) is 0 Å². The SMILES string of the molecule is Cc1cc(CNC2CCSc3ccccc32)c(C)n1C. The van der Waals surface area contributed by atoms with Crippen molar-refractivity contribution in [3.05, 3.63) is 52.8 Å². The Morgan fingerprint density at radius 1 is 1.30 bits per heavy atom. The molecule has 0 amide bonds. The van der Waals surface area contributed by atoms with E-state index >= 15 is 0 Å². The standard InChI is InChI=1S/C17H22N2S/c1-12-10-14(13(2)19(12)3)11-18-16-8-9-20-17-7-5-4-6-15(16)17/h4-7,10,16,18H,8-9,11H2,1-3H3. The molecule has 106 valence electrons. The summed E-state index contributed by atoms with van der Waals surface area (Å²) in [6.45, 7) is 5.33. The highest BCUT2D eigenvalue weighted by Gasteiger charge is 2.20. The zero-order valence-corrected chi connectivity index (χ0v) is 13.3. The van der Waals surface area contributed by atoms with Crippen LogP contribution in [-0.4, -0.2) is 10.3 Å². The average molecular weight is 286 g/mol. The van der Waals surface area contributed by atoms with Crippen LogP contribution in [-0.2, 0) is 13.6 Å². The van der Waals surface area contributed by atoms with Crippen LogP contribution in [0.2, 0.25) is 0 Å². The van der Waals surface area contributed by atoms with Crippen LogP contribution in [0.25, 0.3) is 0 Å². The van der Waals surface area contributed by atoms with Crippen molar-refractivity contribution in [2.75, 3.05) is 5.75 Å². The third kappa shape index (κ3) is 2.52. The fourth-order valence-electron chi connectivity index (χ4n) is 2.90. The number of nitrogens with one attached hydrogen (secondary N) is 1.